The van der Waals surface area contributed by atoms with E-state index in [4.69, 9.17) is 0 Å². The fourth-order valence-corrected chi connectivity index (χ4v) is 4.00. The molecule has 0 bridgehead atoms. The lowest BCUT2D eigenvalue weighted by Gasteiger charge is -2.35. The molecule has 0 aliphatic carbocycles. The Morgan fingerprint density at radius 3 is 2.50 bits per heavy atom. The van der Waals surface area contributed by atoms with Gasteiger partial charge in [0.2, 0.25) is 5.91 Å². The summed E-state index contributed by atoms with van der Waals surface area (Å²) in [4.78, 5) is 17.4. The molecule has 2 atom stereocenters. The van der Waals surface area contributed by atoms with Crippen LogP contribution in [0.15, 0.2) is 24.3 Å². The van der Waals surface area contributed by atoms with Crippen molar-refractivity contribution in [3.8, 4) is 0 Å². The number of likely N-dealkylation sites (tertiary alicyclic amines) is 1. The van der Waals surface area contributed by atoms with Crippen molar-refractivity contribution in [2.24, 2.45) is 0 Å². The number of benzene rings is 1. The largest absolute Gasteiger partial charge is 0.335 e. The van der Waals surface area contributed by atoms with E-state index in [1.165, 1.54) is 11.1 Å². The number of hydrogen-bond donors (Lipinski definition) is 1. The fraction of sp³-hybridized carbons (Fsp3) is 0.667. The Kier molecular flexibility index (Phi) is 7.12. The number of nitrogens with one attached hydrogen (secondary N) is 1. The molecular formula is C21H34ClN3O. The van der Waals surface area contributed by atoms with Gasteiger partial charge < -0.3 is 10.2 Å². The SMILES string of the molecule is C[C@@H]1CNCCN1CC(=O)N1CCCC1c1ccc(C(C)(C)C)cc1.Cl. The van der Waals surface area contributed by atoms with Gasteiger partial charge in [0.15, 0.2) is 0 Å². The normalized spacial score (nSPS) is 24.4. The molecule has 2 heterocycles. The first-order valence-corrected chi connectivity index (χ1v) is 9.71. The number of carbonyl (C=O) groups is 1. The molecular weight excluding hydrogens is 346 g/mol. The Morgan fingerprint density at radius 1 is 1.19 bits per heavy atom. The summed E-state index contributed by atoms with van der Waals surface area (Å²) in [6.07, 6.45) is 2.19. The zero-order valence-electron chi connectivity index (χ0n) is 16.6. The first-order valence-electron chi connectivity index (χ1n) is 9.71. The summed E-state index contributed by atoms with van der Waals surface area (Å²) >= 11 is 0. The van der Waals surface area contributed by atoms with Crippen molar-refractivity contribution in [3.05, 3.63) is 35.4 Å². The molecule has 1 amide bonds. The van der Waals surface area contributed by atoms with E-state index in [-0.39, 0.29) is 29.8 Å². The molecule has 5 heteroatoms. The van der Waals surface area contributed by atoms with Crippen LogP contribution in [0.4, 0.5) is 0 Å². The highest BCUT2D eigenvalue weighted by molar-refractivity contribution is 5.85. The Balaban J connectivity index is 0.00000243. The van der Waals surface area contributed by atoms with Crippen LogP contribution in [0.1, 0.15) is 57.7 Å². The highest BCUT2D eigenvalue weighted by atomic mass is 35.5. The summed E-state index contributed by atoms with van der Waals surface area (Å²) in [5.41, 5.74) is 2.80. The summed E-state index contributed by atoms with van der Waals surface area (Å²) in [6.45, 7) is 13.3. The molecule has 26 heavy (non-hydrogen) atoms. The van der Waals surface area contributed by atoms with Gasteiger partial charge in [-0.2, -0.15) is 0 Å². The highest BCUT2D eigenvalue weighted by Gasteiger charge is 2.32. The number of piperazine rings is 1. The molecule has 2 aliphatic rings. The molecule has 0 saturated carbocycles. The average Bonchev–Trinajstić information content (AvgIpc) is 3.06. The molecule has 4 nitrogen and oxygen atoms in total. The molecule has 0 spiro atoms. The average molecular weight is 380 g/mol. The van der Waals surface area contributed by atoms with Gasteiger partial charge >= 0.3 is 0 Å². The maximum absolute atomic E-state index is 12.9. The van der Waals surface area contributed by atoms with Gasteiger partial charge in [-0.15, -0.1) is 12.4 Å². The third-order valence-electron chi connectivity index (χ3n) is 5.71. The number of halogens is 1. The van der Waals surface area contributed by atoms with Gasteiger partial charge in [-0.25, -0.2) is 0 Å². The van der Waals surface area contributed by atoms with Crippen LogP contribution in [0.25, 0.3) is 0 Å². The zero-order chi connectivity index (χ0) is 18.0. The summed E-state index contributed by atoms with van der Waals surface area (Å²) < 4.78 is 0. The third kappa shape index (κ3) is 4.79. The van der Waals surface area contributed by atoms with E-state index in [1.807, 2.05) is 0 Å². The van der Waals surface area contributed by atoms with E-state index in [1.54, 1.807) is 0 Å². The molecule has 2 aliphatic heterocycles. The van der Waals surface area contributed by atoms with E-state index in [0.717, 1.165) is 39.0 Å². The number of amides is 1. The molecule has 1 N–H and O–H groups in total. The topological polar surface area (TPSA) is 35.6 Å². The van der Waals surface area contributed by atoms with Crippen LogP contribution < -0.4 is 5.32 Å². The van der Waals surface area contributed by atoms with Crippen molar-refractivity contribution in [1.29, 1.82) is 0 Å². The maximum atomic E-state index is 12.9. The second kappa shape index (κ2) is 8.73. The minimum absolute atomic E-state index is 0. The van der Waals surface area contributed by atoms with E-state index >= 15 is 0 Å². The van der Waals surface area contributed by atoms with Crippen molar-refractivity contribution in [2.75, 3.05) is 32.7 Å². The van der Waals surface area contributed by atoms with E-state index < -0.39 is 0 Å². The Morgan fingerprint density at radius 2 is 1.88 bits per heavy atom. The van der Waals surface area contributed by atoms with E-state index in [9.17, 15) is 4.79 Å². The van der Waals surface area contributed by atoms with Crippen molar-refractivity contribution < 1.29 is 4.79 Å². The Hall–Kier alpha value is -1.10. The summed E-state index contributed by atoms with van der Waals surface area (Å²) in [5.74, 6) is 0.288. The maximum Gasteiger partial charge on any atom is 0.237 e. The van der Waals surface area contributed by atoms with Crippen LogP contribution in [0.2, 0.25) is 0 Å². The van der Waals surface area contributed by atoms with Crippen molar-refractivity contribution in [3.63, 3.8) is 0 Å². The smallest absolute Gasteiger partial charge is 0.237 e. The quantitative estimate of drug-likeness (QED) is 0.874. The lowest BCUT2D eigenvalue weighted by Crippen LogP contribution is -2.53. The summed E-state index contributed by atoms with van der Waals surface area (Å²) in [5, 5.41) is 3.39. The number of rotatable bonds is 3. The molecule has 146 valence electrons. The van der Waals surface area contributed by atoms with Crippen LogP contribution in [0.3, 0.4) is 0 Å². The number of nitrogens with zero attached hydrogens (tertiary/aromatic N) is 2. The highest BCUT2D eigenvalue weighted by Crippen LogP contribution is 2.33. The number of hydrogen-bond acceptors (Lipinski definition) is 3. The second-order valence-corrected chi connectivity index (χ2v) is 8.64. The Labute approximate surface area is 164 Å². The predicted molar refractivity (Wildman–Crippen MR) is 110 cm³/mol. The van der Waals surface area contributed by atoms with E-state index in [0.29, 0.717) is 12.6 Å². The van der Waals surface area contributed by atoms with Crippen molar-refractivity contribution in [1.82, 2.24) is 15.1 Å². The second-order valence-electron chi connectivity index (χ2n) is 8.64. The van der Waals surface area contributed by atoms with Gasteiger partial charge in [-0.05, 0) is 36.3 Å². The van der Waals surface area contributed by atoms with Gasteiger partial charge in [0.1, 0.15) is 0 Å². The first kappa shape index (κ1) is 21.2. The van der Waals surface area contributed by atoms with Gasteiger partial charge in [0, 0.05) is 32.2 Å². The summed E-state index contributed by atoms with van der Waals surface area (Å²) in [6, 6.07) is 9.60. The fourth-order valence-electron chi connectivity index (χ4n) is 4.00. The monoisotopic (exact) mass is 379 g/mol. The van der Waals surface area contributed by atoms with Crippen LogP contribution in [0, 0.1) is 0 Å². The zero-order valence-corrected chi connectivity index (χ0v) is 17.4. The molecule has 1 unspecified atom stereocenters. The lowest BCUT2D eigenvalue weighted by molar-refractivity contribution is -0.134. The molecule has 2 saturated heterocycles. The summed E-state index contributed by atoms with van der Waals surface area (Å²) in [7, 11) is 0. The van der Waals surface area contributed by atoms with Gasteiger partial charge in [0.25, 0.3) is 0 Å². The number of carbonyl (C=O) groups excluding carboxylic acids is 1. The molecule has 0 aromatic heterocycles. The lowest BCUT2D eigenvalue weighted by atomic mass is 9.86. The minimum atomic E-state index is 0. The predicted octanol–water partition coefficient (Wildman–Crippen LogP) is 3.36. The molecule has 0 radical (unpaired) electrons. The third-order valence-corrected chi connectivity index (χ3v) is 5.71. The van der Waals surface area contributed by atoms with Crippen LogP contribution in [-0.4, -0.2) is 54.5 Å². The first-order chi connectivity index (χ1) is 11.9. The van der Waals surface area contributed by atoms with Crippen molar-refractivity contribution >= 4 is 18.3 Å². The standard InChI is InChI=1S/C21H33N3O.ClH/c1-16-14-22-11-13-23(16)15-20(25)24-12-5-6-19(24)17-7-9-18(10-8-17)21(2,3)4;/h7-10,16,19,22H,5-6,11-15H2,1-4H3;1H/t16-,19?;/m1./s1. The molecule has 3 rings (SSSR count). The van der Waals surface area contributed by atoms with E-state index in [2.05, 4.69) is 67.1 Å². The van der Waals surface area contributed by atoms with Gasteiger partial charge in [0.05, 0.1) is 12.6 Å². The molecule has 1 aromatic rings. The van der Waals surface area contributed by atoms with Crippen LogP contribution in [-0.2, 0) is 10.2 Å². The van der Waals surface area contributed by atoms with Gasteiger partial charge in [-0.3, -0.25) is 9.69 Å². The Bertz CT molecular complexity index is 596. The van der Waals surface area contributed by atoms with Gasteiger partial charge in [-0.1, -0.05) is 45.0 Å². The van der Waals surface area contributed by atoms with Crippen LogP contribution in [0.5, 0.6) is 0 Å². The molecule has 1 aromatic carbocycles. The minimum Gasteiger partial charge on any atom is -0.335 e. The molecule has 2 fully saturated rings. The van der Waals surface area contributed by atoms with Crippen LogP contribution >= 0.6 is 12.4 Å². The van der Waals surface area contributed by atoms with Crippen molar-refractivity contribution in [2.45, 2.75) is 58.0 Å².